The normalized spacial score (nSPS) is 12.0. The summed E-state index contributed by atoms with van der Waals surface area (Å²) in [4.78, 5) is 27.4. The number of fused-ring (bicyclic) bond motifs is 1. The van der Waals surface area contributed by atoms with Crippen LogP contribution in [0.2, 0.25) is 0 Å². The summed E-state index contributed by atoms with van der Waals surface area (Å²) in [5, 5.41) is 3.64. The van der Waals surface area contributed by atoms with Crippen molar-refractivity contribution in [1.82, 2.24) is 10.3 Å². The number of esters is 1. The first-order valence-corrected chi connectivity index (χ1v) is 8.55. The quantitative estimate of drug-likeness (QED) is 0.687. The monoisotopic (exact) mass is 350 g/mol. The number of hydrogen-bond donors (Lipinski definition) is 2. The largest absolute Gasteiger partial charge is 0.452 e. The summed E-state index contributed by atoms with van der Waals surface area (Å²) in [7, 11) is 0. The van der Waals surface area contributed by atoms with Gasteiger partial charge in [-0.05, 0) is 43.5 Å². The van der Waals surface area contributed by atoms with Gasteiger partial charge in [0.1, 0.15) is 0 Å². The average Bonchev–Trinajstić information content (AvgIpc) is 3.06. The lowest BCUT2D eigenvalue weighted by Gasteiger charge is -2.15. The molecule has 0 saturated heterocycles. The number of ether oxygens (including phenoxy) is 1. The van der Waals surface area contributed by atoms with Crippen LogP contribution in [0.3, 0.4) is 0 Å². The van der Waals surface area contributed by atoms with E-state index in [4.69, 9.17) is 4.74 Å². The molecule has 0 bridgehead atoms. The second kappa shape index (κ2) is 7.44. The predicted octanol–water partition coefficient (Wildman–Crippen LogP) is 3.82. The van der Waals surface area contributed by atoms with Crippen molar-refractivity contribution in [1.29, 1.82) is 0 Å². The van der Waals surface area contributed by atoms with Crippen LogP contribution in [0.5, 0.6) is 0 Å². The van der Waals surface area contributed by atoms with Crippen molar-refractivity contribution in [3.05, 3.63) is 70.9 Å². The molecule has 0 fully saturated rings. The summed E-state index contributed by atoms with van der Waals surface area (Å²) in [6, 6.07) is 13.4. The number of aromatic amines is 1. The Balaban J connectivity index is 1.58. The maximum Gasteiger partial charge on any atom is 0.340 e. The van der Waals surface area contributed by atoms with Gasteiger partial charge in [-0.3, -0.25) is 4.79 Å². The van der Waals surface area contributed by atoms with Crippen LogP contribution < -0.4 is 5.32 Å². The number of rotatable bonds is 5. The van der Waals surface area contributed by atoms with Crippen molar-refractivity contribution in [2.45, 2.75) is 26.8 Å². The highest BCUT2D eigenvalue weighted by Gasteiger charge is 2.16. The molecule has 0 spiro atoms. The van der Waals surface area contributed by atoms with Crippen molar-refractivity contribution in [2.75, 3.05) is 6.61 Å². The summed E-state index contributed by atoms with van der Waals surface area (Å²) in [5.74, 6) is -0.847. The lowest BCUT2D eigenvalue weighted by Crippen LogP contribution is -2.31. The minimum atomic E-state index is -0.517. The standard InChI is InChI=1S/C21H22N2O3/c1-13-8-9-16(10-14(13)2)15(3)23-20(24)12-26-21(25)18-11-22-19-7-5-4-6-17(18)19/h4-11,15,22H,12H2,1-3H3,(H,23,24)/t15-/m0/s1. The molecule has 3 rings (SSSR count). The Bertz CT molecular complexity index is 959. The molecule has 0 unspecified atom stereocenters. The third-order valence-corrected chi connectivity index (χ3v) is 4.55. The zero-order valence-corrected chi connectivity index (χ0v) is 15.1. The molecule has 0 radical (unpaired) electrons. The topological polar surface area (TPSA) is 71.2 Å². The summed E-state index contributed by atoms with van der Waals surface area (Å²) >= 11 is 0. The third-order valence-electron chi connectivity index (χ3n) is 4.55. The highest BCUT2D eigenvalue weighted by molar-refractivity contribution is 6.04. The Morgan fingerprint density at radius 2 is 1.88 bits per heavy atom. The predicted molar refractivity (Wildman–Crippen MR) is 101 cm³/mol. The van der Waals surface area contributed by atoms with Gasteiger partial charge in [0, 0.05) is 17.1 Å². The summed E-state index contributed by atoms with van der Waals surface area (Å²) < 4.78 is 5.16. The lowest BCUT2D eigenvalue weighted by atomic mass is 10.0. The number of amides is 1. The van der Waals surface area contributed by atoms with E-state index in [1.807, 2.05) is 57.2 Å². The Hall–Kier alpha value is -3.08. The van der Waals surface area contributed by atoms with Crippen LogP contribution in [-0.4, -0.2) is 23.5 Å². The molecule has 2 N–H and O–H groups in total. The van der Waals surface area contributed by atoms with Crippen molar-refractivity contribution in [3.8, 4) is 0 Å². The number of aromatic nitrogens is 1. The Morgan fingerprint density at radius 3 is 2.65 bits per heavy atom. The summed E-state index contributed by atoms with van der Waals surface area (Å²) in [6.45, 7) is 5.68. The van der Waals surface area contributed by atoms with Crippen LogP contribution >= 0.6 is 0 Å². The van der Waals surface area contributed by atoms with E-state index >= 15 is 0 Å². The number of para-hydroxylation sites is 1. The molecule has 0 saturated carbocycles. The van der Waals surface area contributed by atoms with Crippen molar-refractivity contribution in [3.63, 3.8) is 0 Å². The molecule has 0 aliphatic carbocycles. The second-order valence-corrected chi connectivity index (χ2v) is 6.46. The molecular formula is C21H22N2O3. The Labute approximate surface area is 152 Å². The van der Waals surface area contributed by atoms with Gasteiger partial charge < -0.3 is 15.0 Å². The van der Waals surface area contributed by atoms with Crippen LogP contribution in [0.1, 0.15) is 40.0 Å². The molecule has 1 atom stereocenters. The van der Waals surface area contributed by atoms with Gasteiger partial charge in [0.2, 0.25) is 0 Å². The van der Waals surface area contributed by atoms with Crippen molar-refractivity contribution >= 4 is 22.8 Å². The zero-order valence-electron chi connectivity index (χ0n) is 15.1. The van der Waals surface area contributed by atoms with Gasteiger partial charge in [0.15, 0.2) is 6.61 Å². The fourth-order valence-electron chi connectivity index (χ4n) is 2.85. The Morgan fingerprint density at radius 1 is 1.12 bits per heavy atom. The molecule has 0 aliphatic rings. The molecule has 2 aromatic carbocycles. The molecule has 1 aromatic heterocycles. The molecule has 5 nitrogen and oxygen atoms in total. The summed E-state index contributed by atoms with van der Waals surface area (Å²) in [5.41, 5.74) is 4.68. The molecule has 3 aromatic rings. The lowest BCUT2D eigenvalue weighted by molar-refractivity contribution is -0.124. The number of carbonyl (C=O) groups excluding carboxylic acids is 2. The van der Waals surface area contributed by atoms with Crippen LogP contribution in [0.15, 0.2) is 48.7 Å². The van der Waals surface area contributed by atoms with Crippen molar-refractivity contribution in [2.24, 2.45) is 0 Å². The van der Waals surface area contributed by atoms with Gasteiger partial charge in [-0.1, -0.05) is 36.4 Å². The van der Waals surface area contributed by atoms with E-state index in [1.54, 1.807) is 6.20 Å². The van der Waals surface area contributed by atoms with Gasteiger partial charge in [-0.15, -0.1) is 0 Å². The zero-order chi connectivity index (χ0) is 18.7. The molecule has 5 heteroatoms. The van der Waals surface area contributed by atoms with E-state index in [2.05, 4.69) is 16.4 Å². The van der Waals surface area contributed by atoms with Gasteiger partial charge in [0.25, 0.3) is 5.91 Å². The highest BCUT2D eigenvalue weighted by Crippen LogP contribution is 2.19. The number of carbonyl (C=O) groups is 2. The van der Waals surface area contributed by atoms with E-state index < -0.39 is 5.97 Å². The number of H-pyrrole nitrogens is 1. The van der Waals surface area contributed by atoms with E-state index in [0.29, 0.717) is 5.56 Å². The first kappa shape index (κ1) is 17.7. The molecule has 1 amide bonds. The van der Waals surface area contributed by atoms with Gasteiger partial charge >= 0.3 is 5.97 Å². The molecule has 26 heavy (non-hydrogen) atoms. The molecular weight excluding hydrogens is 328 g/mol. The maximum atomic E-state index is 12.2. The van der Waals surface area contributed by atoms with Crippen LogP contribution in [-0.2, 0) is 9.53 Å². The van der Waals surface area contributed by atoms with E-state index in [0.717, 1.165) is 16.5 Å². The Kier molecular flexibility index (Phi) is 5.07. The van der Waals surface area contributed by atoms with Crippen LogP contribution in [0.4, 0.5) is 0 Å². The van der Waals surface area contributed by atoms with E-state index in [-0.39, 0.29) is 18.6 Å². The first-order valence-electron chi connectivity index (χ1n) is 8.55. The number of hydrogen-bond acceptors (Lipinski definition) is 3. The smallest absolute Gasteiger partial charge is 0.340 e. The van der Waals surface area contributed by atoms with E-state index in [1.165, 1.54) is 11.1 Å². The van der Waals surface area contributed by atoms with Crippen molar-refractivity contribution < 1.29 is 14.3 Å². The van der Waals surface area contributed by atoms with Gasteiger partial charge in [-0.2, -0.15) is 0 Å². The van der Waals surface area contributed by atoms with Gasteiger partial charge in [-0.25, -0.2) is 4.79 Å². The second-order valence-electron chi connectivity index (χ2n) is 6.46. The first-order chi connectivity index (χ1) is 12.5. The number of nitrogens with one attached hydrogen (secondary N) is 2. The number of aryl methyl sites for hydroxylation is 2. The minimum absolute atomic E-state index is 0.159. The summed E-state index contributed by atoms with van der Waals surface area (Å²) in [6.07, 6.45) is 1.60. The van der Waals surface area contributed by atoms with Crippen LogP contribution in [0.25, 0.3) is 10.9 Å². The van der Waals surface area contributed by atoms with Crippen LogP contribution in [0, 0.1) is 13.8 Å². The molecule has 0 aliphatic heterocycles. The maximum absolute atomic E-state index is 12.2. The highest BCUT2D eigenvalue weighted by atomic mass is 16.5. The molecule has 134 valence electrons. The SMILES string of the molecule is Cc1ccc([C@H](C)NC(=O)COC(=O)c2c[nH]c3ccccc23)cc1C. The third kappa shape index (κ3) is 3.77. The minimum Gasteiger partial charge on any atom is -0.452 e. The van der Waals surface area contributed by atoms with E-state index in [9.17, 15) is 9.59 Å². The average molecular weight is 350 g/mol. The fraction of sp³-hybridized carbons (Fsp3) is 0.238. The van der Waals surface area contributed by atoms with Gasteiger partial charge in [0.05, 0.1) is 11.6 Å². The molecule has 1 heterocycles. The number of benzene rings is 2. The fourth-order valence-corrected chi connectivity index (χ4v) is 2.85.